The zero-order valence-corrected chi connectivity index (χ0v) is 22.3. The number of imidazole rings is 1. The Balaban J connectivity index is 1.46. The average Bonchev–Trinajstić information content (AvgIpc) is 3.38. The lowest BCUT2D eigenvalue weighted by atomic mass is 10.1. The van der Waals surface area contributed by atoms with E-state index in [1.54, 1.807) is 35.9 Å². The molecule has 0 spiro atoms. The van der Waals surface area contributed by atoms with Crippen molar-refractivity contribution in [3.05, 3.63) is 137 Å². The summed E-state index contributed by atoms with van der Waals surface area (Å²) in [7, 11) is 0. The third-order valence-electron chi connectivity index (χ3n) is 6.67. The van der Waals surface area contributed by atoms with Gasteiger partial charge >= 0.3 is 0 Å². The number of anilines is 1. The van der Waals surface area contributed by atoms with Crippen LogP contribution in [0.5, 0.6) is 0 Å². The van der Waals surface area contributed by atoms with E-state index in [-0.39, 0.29) is 30.8 Å². The fourth-order valence-corrected chi connectivity index (χ4v) is 4.47. The number of amides is 2. The maximum absolute atomic E-state index is 14.5. The van der Waals surface area contributed by atoms with Gasteiger partial charge in [0.2, 0.25) is 11.9 Å². The third kappa shape index (κ3) is 5.99. The van der Waals surface area contributed by atoms with Gasteiger partial charge in [0.25, 0.3) is 5.91 Å². The highest BCUT2D eigenvalue weighted by molar-refractivity contribution is 6.00. The van der Waals surface area contributed by atoms with Crippen LogP contribution in [0.1, 0.15) is 27.0 Å². The smallest absolute Gasteiger partial charge is 0.254 e. The molecule has 0 unspecified atom stereocenters. The lowest BCUT2D eigenvalue weighted by Crippen LogP contribution is -2.38. The first-order chi connectivity index (χ1) is 19.4. The molecule has 0 aliphatic heterocycles. The standard InChI is InChI=1S/C33H29FN4O2/c1-23-11-9-10-16-28(23)32(40)37(20-25-12-5-3-6-13-25)22-31(39)36-33-35-30(26-14-7-4-8-15-26)21-38(33)27-18-17-24(2)29(34)19-27/h3-19,21H,20,22H2,1-2H3,(H,35,36,39). The summed E-state index contributed by atoms with van der Waals surface area (Å²) in [5, 5.41) is 2.87. The predicted molar refractivity (Wildman–Crippen MR) is 155 cm³/mol. The van der Waals surface area contributed by atoms with E-state index in [0.29, 0.717) is 22.5 Å². The Morgan fingerprint density at radius 3 is 2.23 bits per heavy atom. The monoisotopic (exact) mass is 532 g/mol. The van der Waals surface area contributed by atoms with Crippen LogP contribution < -0.4 is 5.32 Å². The van der Waals surface area contributed by atoms with E-state index in [2.05, 4.69) is 10.3 Å². The number of rotatable bonds is 8. The largest absolute Gasteiger partial charge is 0.325 e. The number of benzene rings is 4. The summed E-state index contributed by atoms with van der Waals surface area (Å²) in [6.07, 6.45) is 1.76. The molecule has 0 aliphatic rings. The summed E-state index contributed by atoms with van der Waals surface area (Å²) < 4.78 is 16.1. The van der Waals surface area contributed by atoms with E-state index in [4.69, 9.17) is 0 Å². The van der Waals surface area contributed by atoms with Crippen LogP contribution in [0.2, 0.25) is 0 Å². The fraction of sp³-hybridized carbons (Fsp3) is 0.121. The molecule has 0 aliphatic carbocycles. The number of carbonyl (C=O) groups is 2. The molecule has 4 aromatic carbocycles. The second kappa shape index (κ2) is 11.8. The number of nitrogens with one attached hydrogen (secondary N) is 1. The SMILES string of the molecule is Cc1ccc(-n2cc(-c3ccccc3)nc2NC(=O)CN(Cc2ccccc2)C(=O)c2ccccc2C)cc1F. The molecule has 5 rings (SSSR count). The Morgan fingerprint density at radius 2 is 1.52 bits per heavy atom. The second-order valence-electron chi connectivity index (χ2n) is 9.63. The summed E-state index contributed by atoms with van der Waals surface area (Å²) >= 11 is 0. The number of aryl methyl sites for hydroxylation is 2. The van der Waals surface area contributed by atoms with Crippen LogP contribution in [0, 0.1) is 19.7 Å². The molecule has 1 N–H and O–H groups in total. The van der Waals surface area contributed by atoms with Gasteiger partial charge in [0.1, 0.15) is 12.4 Å². The molecule has 0 saturated heterocycles. The lowest BCUT2D eigenvalue weighted by molar-refractivity contribution is -0.117. The Morgan fingerprint density at radius 1 is 0.850 bits per heavy atom. The van der Waals surface area contributed by atoms with Gasteiger partial charge in [-0.05, 0) is 48.7 Å². The van der Waals surface area contributed by atoms with Crippen molar-refractivity contribution < 1.29 is 14.0 Å². The van der Waals surface area contributed by atoms with Gasteiger partial charge in [-0.1, -0.05) is 84.9 Å². The van der Waals surface area contributed by atoms with Crippen molar-refractivity contribution in [1.82, 2.24) is 14.5 Å². The zero-order chi connectivity index (χ0) is 28.1. The highest BCUT2D eigenvalue weighted by Gasteiger charge is 2.22. The molecular formula is C33H29FN4O2. The number of hydrogen-bond donors (Lipinski definition) is 1. The maximum Gasteiger partial charge on any atom is 0.254 e. The molecule has 7 heteroatoms. The van der Waals surface area contributed by atoms with Crippen molar-refractivity contribution in [3.63, 3.8) is 0 Å². The number of hydrogen-bond acceptors (Lipinski definition) is 3. The molecule has 200 valence electrons. The topological polar surface area (TPSA) is 67.2 Å². The molecule has 5 aromatic rings. The van der Waals surface area contributed by atoms with Crippen LogP contribution >= 0.6 is 0 Å². The lowest BCUT2D eigenvalue weighted by Gasteiger charge is -2.23. The first-order valence-electron chi connectivity index (χ1n) is 13.0. The molecule has 0 atom stereocenters. The number of halogens is 1. The van der Waals surface area contributed by atoms with Gasteiger partial charge in [0.15, 0.2) is 0 Å². The summed E-state index contributed by atoms with van der Waals surface area (Å²) in [5.74, 6) is -0.791. The minimum absolute atomic E-state index is 0.197. The van der Waals surface area contributed by atoms with Gasteiger partial charge in [-0.2, -0.15) is 0 Å². The van der Waals surface area contributed by atoms with Crippen molar-refractivity contribution in [1.29, 1.82) is 0 Å². The molecule has 2 amide bonds. The Labute approximate surface area is 232 Å². The van der Waals surface area contributed by atoms with Crippen LogP contribution in [0.15, 0.2) is 109 Å². The summed E-state index contributed by atoms with van der Waals surface area (Å²) in [6, 6.07) is 31.2. The second-order valence-corrected chi connectivity index (χ2v) is 9.63. The molecule has 0 saturated carbocycles. The van der Waals surface area contributed by atoms with Gasteiger partial charge in [-0.25, -0.2) is 9.37 Å². The Bertz CT molecular complexity index is 1650. The number of nitrogens with zero attached hydrogens (tertiary/aromatic N) is 3. The summed E-state index contributed by atoms with van der Waals surface area (Å²) in [5.41, 5.74) is 4.78. The Hall–Kier alpha value is -5.04. The maximum atomic E-state index is 14.5. The van der Waals surface area contributed by atoms with Gasteiger partial charge in [-0.3, -0.25) is 19.5 Å². The van der Waals surface area contributed by atoms with Crippen molar-refractivity contribution in [2.45, 2.75) is 20.4 Å². The number of carbonyl (C=O) groups excluding carboxylic acids is 2. The fourth-order valence-electron chi connectivity index (χ4n) is 4.47. The van der Waals surface area contributed by atoms with Gasteiger partial charge in [0, 0.05) is 23.9 Å². The van der Waals surface area contributed by atoms with Crippen molar-refractivity contribution in [2.24, 2.45) is 0 Å². The first kappa shape index (κ1) is 26.6. The zero-order valence-electron chi connectivity index (χ0n) is 22.3. The van der Waals surface area contributed by atoms with E-state index >= 15 is 0 Å². The van der Waals surface area contributed by atoms with Crippen molar-refractivity contribution >= 4 is 17.8 Å². The van der Waals surface area contributed by atoms with Crippen molar-refractivity contribution in [2.75, 3.05) is 11.9 Å². The van der Waals surface area contributed by atoms with Crippen LogP contribution in [0.4, 0.5) is 10.3 Å². The van der Waals surface area contributed by atoms with Gasteiger partial charge < -0.3 is 4.90 Å². The molecule has 40 heavy (non-hydrogen) atoms. The quantitative estimate of drug-likeness (QED) is 0.246. The van der Waals surface area contributed by atoms with Crippen LogP contribution in [0.3, 0.4) is 0 Å². The van der Waals surface area contributed by atoms with E-state index in [0.717, 1.165) is 16.7 Å². The highest BCUT2D eigenvalue weighted by Crippen LogP contribution is 2.25. The minimum Gasteiger partial charge on any atom is -0.325 e. The van der Waals surface area contributed by atoms with Crippen LogP contribution in [-0.4, -0.2) is 32.8 Å². The Kier molecular flexibility index (Phi) is 7.82. The molecule has 0 radical (unpaired) electrons. The highest BCUT2D eigenvalue weighted by atomic mass is 19.1. The summed E-state index contributed by atoms with van der Waals surface area (Å²) in [6.45, 7) is 3.63. The van der Waals surface area contributed by atoms with Crippen LogP contribution in [0.25, 0.3) is 16.9 Å². The molecule has 0 bridgehead atoms. The van der Waals surface area contributed by atoms with E-state index in [1.807, 2.05) is 85.8 Å². The summed E-state index contributed by atoms with van der Waals surface area (Å²) in [4.78, 5) is 33.2. The molecule has 1 heterocycles. The van der Waals surface area contributed by atoms with Gasteiger partial charge in [0.05, 0.1) is 11.4 Å². The van der Waals surface area contributed by atoms with E-state index < -0.39 is 5.91 Å². The average molecular weight is 533 g/mol. The molecule has 6 nitrogen and oxygen atoms in total. The predicted octanol–water partition coefficient (Wildman–Crippen LogP) is 6.58. The normalized spacial score (nSPS) is 10.8. The molecule has 1 aromatic heterocycles. The number of aromatic nitrogens is 2. The molecule has 0 fully saturated rings. The first-order valence-corrected chi connectivity index (χ1v) is 13.0. The minimum atomic E-state index is -0.420. The van der Waals surface area contributed by atoms with E-state index in [9.17, 15) is 14.0 Å². The van der Waals surface area contributed by atoms with E-state index in [1.165, 1.54) is 11.0 Å². The van der Waals surface area contributed by atoms with Crippen molar-refractivity contribution in [3.8, 4) is 16.9 Å². The van der Waals surface area contributed by atoms with Crippen LogP contribution in [-0.2, 0) is 11.3 Å². The molecular weight excluding hydrogens is 503 g/mol. The third-order valence-corrected chi connectivity index (χ3v) is 6.67. The van der Waals surface area contributed by atoms with Gasteiger partial charge in [-0.15, -0.1) is 0 Å².